The zero-order valence-electron chi connectivity index (χ0n) is 17.5. The minimum atomic E-state index is -0.816. The summed E-state index contributed by atoms with van der Waals surface area (Å²) in [6, 6.07) is 2.12. The van der Waals surface area contributed by atoms with Crippen LogP contribution in [0.15, 0.2) is 17.5 Å². The lowest BCUT2D eigenvalue weighted by Crippen LogP contribution is -2.64. The second-order valence-corrected chi connectivity index (χ2v) is 9.24. The van der Waals surface area contributed by atoms with Gasteiger partial charge in [-0.1, -0.05) is 6.07 Å². The van der Waals surface area contributed by atoms with Gasteiger partial charge in [0.15, 0.2) is 0 Å². The fraction of sp³-hybridized carbons (Fsp3) is 0.619. The van der Waals surface area contributed by atoms with Gasteiger partial charge in [-0.05, 0) is 50.2 Å². The van der Waals surface area contributed by atoms with Crippen molar-refractivity contribution < 1.29 is 19.2 Å². The summed E-state index contributed by atoms with van der Waals surface area (Å²) in [5, 5.41) is 10.7. The van der Waals surface area contributed by atoms with Gasteiger partial charge < -0.3 is 25.8 Å². The predicted molar refractivity (Wildman–Crippen MR) is 115 cm³/mol. The molecule has 3 N–H and O–H groups in total. The second kappa shape index (κ2) is 9.78. The van der Waals surface area contributed by atoms with Gasteiger partial charge in [0, 0.05) is 25.6 Å². The first-order valence-electron chi connectivity index (χ1n) is 11.0. The first kappa shape index (κ1) is 21.8. The number of piperazine rings is 1. The highest BCUT2D eigenvalue weighted by Gasteiger charge is 2.40. The van der Waals surface area contributed by atoms with Gasteiger partial charge in [-0.3, -0.25) is 19.2 Å². The molecule has 31 heavy (non-hydrogen) atoms. The topological polar surface area (TPSA) is 111 Å². The Morgan fingerprint density at radius 1 is 1.10 bits per heavy atom. The van der Waals surface area contributed by atoms with Crippen LogP contribution in [0.3, 0.4) is 0 Å². The van der Waals surface area contributed by atoms with Gasteiger partial charge >= 0.3 is 0 Å². The Labute approximate surface area is 185 Å². The largest absolute Gasteiger partial charge is 0.354 e. The van der Waals surface area contributed by atoms with E-state index in [0.29, 0.717) is 30.9 Å². The Morgan fingerprint density at radius 2 is 1.90 bits per heavy atom. The Morgan fingerprint density at radius 3 is 2.61 bits per heavy atom. The van der Waals surface area contributed by atoms with E-state index in [1.54, 1.807) is 21.9 Å². The van der Waals surface area contributed by atoms with E-state index in [4.69, 9.17) is 0 Å². The molecule has 9 nitrogen and oxygen atoms in total. The van der Waals surface area contributed by atoms with Gasteiger partial charge in [-0.2, -0.15) is 0 Å². The van der Waals surface area contributed by atoms with E-state index >= 15 is 0 Å². The molecular weight excluding hydrogens is 418 g/mol. The standard InChI is InChI=1S/C21H29N5O4S/c27-18-15(3-1-7-23-18)24-19(28)16-13-25(20(29)14-5-8-22-9-6-14)10-11-26(16)21(30)17-4-2-12-31-17/h2,4,12,14-16,22H,1,3,5-11,13H2,(H,23,27)(H,24,28). The van der Waals surface area contributed by atoms with Crippen LogP contribution < -0.4 is 16.0 Å². The van der Waals surface area contributed by atoms with Gasteiger partial charge in [0.25, 0.3) is 5.91 Å². The molecule has 0 aliphatic carbocycles. The molecule has 3 aliphatic heterocycles. The Balaban J connectivity index is 1.50. The summed E-state index contributed by atoms with van der Waals surface area (Å²) in [6.07, 6.45) is 2.93. The van der Waals surface area contributed by atoms with Crippen molar-refractivity contribution in [1.29, 1.82) is 0 Å². The number of rotatable bonds is 4. The van der Waals surface area contributed by atoms with Crippen molar-refractivity contribution in [2.24, 2.45) is 5.92 Å². The lowest BCUT2D eigenvalue weighted by molar-refractivity contribution is -0.142. The maximum Gasteiger partial charge on any atom is 0.264 e. The summed E-state index contributed by atoms with van der Waals surface area (Å²) < 4.78 is 0. The number of amides is 4. The highest BCUT2D eigenvalue weighted by Crippen LogP contribution is 2.22. The number of carbonyl (C=O) groups excluding carboxylic acids is 4. The highest BCUT2D eigenvalue weighted by atomic mass is 32.1. The number of piperidine rings is 2. The number of nitrogens with one attached hydrogen (secondary N) is 3. The van der Waals surface area contributed by atoms with E-state index in [-0.39, 0.29) is 36.1 Å². The minimum absolute atomic E-state index is 0.0476. The first-order chi connectivity index (χ1) is 15.0. The monoisotopic (exact) mass is 447 g/mol. The summed E-state index contributed by atoms with van der Waals surface area (Å²) in [6.45, 7) is 3.09. The summed E-state index contributed by atoms with van der Waals surface area (Å²) >= 11 is 1.33. The summed E-state index contributed by atoms with van der Waals surface area (Å²) in [5.41, 5.74) is 0. The van der Waals surface area contributed by atoms with E-state index in [1.165, 1.54) is 11.3 Å². The molecule has 0 aromatic carbocycles. The van der Waals surface area contributed by atoms with Gasteiger partial charge in [-0.25, -0.2) is 0 Å². The Hall–Kier alpha value is -2.46. The quantitative estimate of drug-likeness (QED) is 0.592. The zero-order valence-corrected chi connectivity index (χ0v) is 18.3. The van der Waals surface area contributed by atoms with Crippen LogP contribution in [0.4, 0.5) is 0 Å². The van der Waals surface area contributed by atoms with Crippen LogP contribution >= 0.6 is 11.3 Å². The molecule has 1 aromatic heterocycles. The minimum Gasteiger partial charge on any atom is -0.354 e. The molecule has 3 saturated heterocycles. The smallest absolute Gasteiger partial charge is 0.264 e. The molecule has 2 atom stereocenters. The fourth-order valence-electron chi connectivity index (χ4n) is 4.50. The molecule has 10 heteroatoms. The van der Waals surface area contributed by atoms with Crippen LogP contribution in [0.1, 0.15) is 35.4 Å². The number of hydrogen-bond donors (Lipinski definition) is 3. The molecule has 0 saturated carbocycles. The molecule has 0 bridgehead atoms. The number of carbonyl (C=O) groups is 4. The lowest BCUT2D eigenvalue weighted by atomic mass is 9.95. The fourth-order valence-corrected chi connectivity index (χ4v) is 5.18. The van der Waals surface area contributed by atoms with E-state index in [2.05, 4.69) is 16.0 Å². The van der Waals surface area contributed by atoms with Crippen molar-refractivity contribution in [3.63, 3.8) is 0 Å². The average molecular weight is 448 g/mol. The predicted octanol–water partition coefficient (Wildman–Crippen LogP) is -0.204. The SMILES string of the molecule is O=C1NCCCC1NC(=O)C1CN(C(=O)C2CCNCC2)CCN1C(=O)c1cccs1. The van der Waals surface area contributed by atoms with Crippen molar-refractivity contribution in [2.45, 2.75) is 37.8 Å². The van der Waals surface area contributed by atoms with Crippen LogP contribution in [0.25, 0.3) is 0 Å². The first-order valence-corrected chi connectivity index (χ1v) is 11.8. The van der Waals surface area contributed by atoms with E-state index in [0.717, 1.165) is 32.4 Å². The molecule has 2 unspecified atom stereocenters. The van der Waals surface area contributed by atoms with Crippen molar-refractivity contribution >= 4 is 35.0 Å². The van der Waals surface area contributed by atoms with Crippen molar-refractivity contribution in [3.05, 3.63) is 22.4 Å². The molecule has 0 radical (unpaired) electrons. The van der Waals surface area contributed by atoms with Crippen molar-refractivity contribution in [1.82, 2.24) is 25.8 Å². The second-order valence-electron chi connectivity index (χ2n) is 8.29. The Kier molecular flexibility index (Phi) is 6.86. The average Bonchev–Trinajstić information content (AvgIpc) is 3.35. The molecule has 168 valence electrons. The number of nitrogens with zero attached hydrogens (tertiary/aromatic N) is 2. The van der Waals surface area contributed by atoms with Crippen molar-refractivity contribution in [3.8, 4) is 0 Å². The molecule has 4 rings (SSSR count). The van der Waals surface area contributed by atoms with Crippen molar-refractivity contribution in [2.75, 3.05) is 39.3 Å². The summed E-state index contributed by atoms with van der Waals surface area (Å²) in [5.74, 6) is -0.785. The van der Waals surface area contributed by atoms with Crippen LogP contribution in [0, 0.1) is 5.92 Å². The number of thiophene rings is 1. The molecular formula is C21H29N5O4S. The van der Waals surface area contributed by atoms with Crippen LogP contribution in [0.2, 0.25) is 0 Å². The van der Waals surface area contributed by atoms with Crippen LogP contribution in [-0.4, -0.2) is 84.8 Å². The maximum absolute atomic E-state index is 13.2. The molecule has 3 fully saturated rings. The zero-order chi connectivity index (χ0) is 21.8. The maximum atomic E-state index is 13.2. The van der Waals surface area contributed by atoms with Crippen LogP contribution in [-0.2, 0) is 14.4 Å². The molecule has 3 aliphatic rings. The third kappa shape index (κ3) is 4.90. The molecule has 4 amide bonds. The van der Waals surface area contributed by atoms with Gasteiger partial charge in [0.05, 0.1) is 11.4 Å². The Bertz CT molecular complexity index is 824. The van der Waals surface area contributed by atoms with E-state index in [1.807, 2.05) is 5.38 Å². The summed E-state index contributed by atoms with van der Waals surface area (Å²) in [4.78, 5) is 55.3. The number of hydrogen-bond acceptors (Lipinski definition) is 6. The van der Waals surface area contributed by atoms with E-state index < -0.39 is 12.1 Å². The third-order valence-electron chi connectivity index (χ3n) is 6.28. The summed E-state index contributed by atoms with van der Waals surface area (Å²) in [7, 11) is 0. The van der Waals surface area contributed by atoms with Crippen LogP contribution in [0.5, 0.6) is 0 Å². The van der Waals surface area contributed by atoms with Gasteiger partial charge in [-0.15, -0.1) is 11.3 Å². The van der Waals surface area contributed by atoms with Gasteiger partial charge in [0.2, 0.25) is 17.7 Å². The normalized spacial score (nSPS) is 25.1. The highest BCUT2D eigenvalue weighted by molar-refractivity contribution is 7.12. The molecule has 1 aromatic rings. The van der Waals surface area contributed by atoms with Gasteiger partial charge in [0.1, 0.15) is 12.1 Å². The lowest BCUT2D eigenvalue weighted by Gasteiger charge is -2.42. The third-order valence-corrected chi connectivity index (χ3v) is 7.14. The molecule has 0 spiro atoms. The molecule has 4 heterocycles. The van der Waals surface area contributed by atoms with E-state index in [9.17, 15) is 19.2 Å².